The second-order valence-corrected chi connectivity index (χ2v) is 11.2. The van der Waals surface area contributed by atoms with Crippen molar-refractivity contribution in [2.24, 2.45) is 0 Å². The number of halogens is 1. The van der Waals surface area contributed by atoms with Crippen LogP contribution in [0.1, 0.15) is 46.8 Å². The molecule has 2 atom stereocenters. The van der Waals surface area contributed by atoms with E-state index in [1.54, 1.807) is 49.1 Å². The van der Waals surface area contributed by atoms with E-state index >= 15 is 0 Å². The predicted molar refractivity (Wildman–Crippen MR) is 142 cm³/mol. The monoisotopic (exact) mass is 542 g/mol. The Labute approximate surface area is 221 Å². The number of anilines is 1. The molecule has 3 aromatic carbocycles. The molecule has 0 saturated carbocycles. The first-order valence-electron chi connectivity index (χ1n) is 11.8. The van der Waals surface area contributed by atoms with Crippen LogP contribution in [0, 0.1) is 24.0 Å². The summed E-state index contributed by atoms with van der Waals surface area (Å²) in [5, 5.41) is 11.7. The highest BCUT2D eigenvalue weighted by molar-refractivity contribution is 7.86. The molecule has 1 aliphatic heterocycles. The Kier molecular flexibility index (Phi) is 7.68. The fourth-order valence-corrected chi connectivity index (χ4v) is 5.96. The first-order valence-corrected chi connectivity index (χ1v) is 13.6. The number of hydrogen-bond donors (Lipinski definition) is 0. The lowest BCUT2D eigenvalue weighted by Gasteiger charge is -2.35. The van der Waals surface area contributed by atoms with Crippen molar-refractivity contribution in [2.45, 2.75) is 57.1 Å². The van der Waals surface area contributed by atoms with E-state index in [1.165, 1.54) is 30.3 Å². The van der Waals surface area contributed by atoms with Crippen LogP contribution in [-0.2, 0) is 20.7 Å². The first-order chi connectivity index (χ1) is 17.5. The average molecular weight is 543 g/mol. The van der Waals surface area contributed by atoms with Crippen LogP contribution in [0.5, 0.6) is 0 Å². The molecule has 1 amide bonds. The van der Waals surface area contributed by atoms with E-state index in [0.29, 0.717) is 35.5 Å². The highest BCUT2D eigenvalue weighted by Gasteiger charge is 2.37. The SMILES string of the molecule is Cc1ccc(S(=O)(=O)OC(C)C2CCCc3cc(Cl)ccc3N2C(=O)c2ccc([N+](=O)[O-])cc2C)cc1. The Balaban J connectivity index is 1.76. The molecule has 0 aromatic heterocycles. The van der Waals surface area contributed by atoms with Gasteiger partial charge >= 0.3 is 0 Å². The molecule has 3 aromatic rings. The van der Waals surface area contributed by atoms with Crippen LogP contribution < -0.4 is 4.90 Å². The Bertz CT molecular complexity index is 1460. The van der Waals surface area contributed by atoms with Gasteiger partial charge in [0.2, 0.25) is 0 Å². The summed E-state index contributed by atoms with van der Waals surface area (Å²) in [5.41, 5.74) is 3.00. The van der Waals surface area contributed by atoms with Crippen molar-refractivity contribution in [3.05, 3.63) is 98.1 Å². The Morgan fingerprint density at radius 2 is 1.81 bits per heavy atom. The van der Waals surface area contributed by atoms with Gasteiger partial charge in [-0.05, 0) is 87.6 Å². The fourth-order valence-electron chi connectivity index (χ4n) is 4.66. The van der Waals surface area contributed by atoms with Crippen molar-refractivity contribution in [3.63, 3.8) is 0 Å². The Morgan fingerprint density at radius 1 is 1.11 bits per heavy atom. The molecule has 194 valence electrons. The number of fused-ring (bicyclic) bond motifs is 1. The number of hydrogen-bond acceptors (Lipinski definition) is 6. The third kappa shape index (κ3) is 5.69. The van der Waals surface area contributed by atoms with Crippen LogP contribution in [0.3, 0.4) is 0 Å². The largest absolute Gasteiger partial charge is 0.302 e. The fraction of sp³-hybridized carbons (Fsp3) is 0.296. The summed E-state index contributed by atoms with van der Waals surface area (Å²) >= 11 is 6.24. The summed E-state index contributed by atoms with van der Waals surface area (Å²) in [6, 6.07) is 15.1. The lowest BCUT2D eigenvalue weighted by Crippen LogP contribution is -2.47. The standard InChI is InChI=1S/C27H27ClN2O6S/c1-17-7-11-23(12-8-17)37(34,35)36-19(3)25-6-4-5-20-16-21(28)9-14-26(20)29(25)27(31)24-13-10-22(30(32)33)15-18(24)2/h7-16,19,25H,4-6H2,1-3H3. The van der Waals surface area contributed by atoms with Gasteiger partial charge in [0.25, 0.3) is 21.7 Å². The molecular formula is C27H27ClN2O6S. The van der Waals surface area contributed by atoms with E-state index in [-0.39, 0.29) is 16.1 Å². The molecule has 1 aliphatic rings. The predicted octanol–water partition coefficient (Wildman–Crippen LogP) is 6.01. The molecule has 0 spiro atoms. The van der Waals surface area contributed by atoms with Gasteiger partial charge in [-0.3, -0.25) is 19.1 Å². The summed E-state index contributed by atoms with van der Waals surface area (Å²) in [4.78, 5) is 26.3. The Hall–Kier alpha value is -3.27. The molecular weight excluding hydrogens is 516 g/mol. The number of carbonyl (C=O) groups excluding carboxylic acids is 1. The number of benzene rings is 3. The number of non-ortho nitro benzene ring substituents is 1. The third-order valence-corrected chi connectivity index (χ3v) is 8.22. The molecule has 0 N–H and O–H groups in total. The van der Waals surface area contributed by atoms with Crippen LogP contribution in [0.15, 0.2) is 65.6 Å². The molecule has 1 heterocycles. The molecule has 0 fully saturated rings. The van der Waals surface area contributed by atoms with Crippen molar-refractivity contribution < 1.29 is 22.3 Å². The lowest BCUT2D eigenvalue weighted by atomic mass is 10.0. The van der Waals surface area contributed by atoms with Crippen molar-refractivity contribution in [1.82, 2.24) is 0 Å². The highest BCUT2D eigenvalue weighted by atomic mass is 35.5. The molecule has 10 heteroatoms. The summed E-state index contributed by atoms with van der Waals surface area (Å²) in [7, 11) is -4.09. The number of carbonyl (C=O) groups is 1. The van der Waals surface area contributed by atoms with Gasteiger partial charge in [0, 0.05) is 28.4 Å². The van der Waals surface area contributed by atoms with Gasteiger partial charge in [-0.1, -0.05) is 29.3 Å². The maximum atomic E-state index is 14.0. The van der Waals surface area contributed by atoms with Gasteiger partial charge in [0.1, 0.15) is 0 Å². The molecule has 37 heavy (non-hydrogen) atoms. The normalized spacial score (nSPS) is 16.5. The van der Waals surface area contributed by atoms with Crippen LogP contribution in [0.2, 0.25) is 5.02 Å². The first kappa shape index (κ1) is 26.8. The van der Waals surface area contributed by atoms with Crippen LogP contribution >= 0.6 is 11.6 Å². The minimum Gasteiger partial charge on any atom is -0.302 e. The number of nitro benzene ring substituents is 1. The molecule has 4 rings (SSSR count). The van der Waals surface area contributed by atoms with E-state index in [0.717, 1.165) is 11.1 Å². The second kappa shape index (κ2) is 10.6. The van der Waals surface area contributed by atoms with Crippen LogP contribution in [0.25, 0.3) is 0 Å². The van der Waals surface area contributed by atoms with Crippen LogP contribution in [-0.4, -0.2) is 31.4 Å². The Morgan fingerprint density at radius 3 is 2.46 bits per heavy atom. The van der Waals surface area contributed by atoms with Gasteiger partial charge in [-0.2, -0.15) is 8.42 Å². The van der Waals surface area contributed by atoms with Crippen molar-refractivity contribution in [1.29, 1.82) is 0 Å². The topological polar surface area (TPSA) is 107 Å². The van der Waals surface area contributed by atoms with E-state index < -0.39 is 33.1 Å². The second-order valence-electron chi connectivity index (χ2n) is 9.23. The summed E-state index contributed by atoms with van der Waals surface area (Å²) in [6.45, 7) is 5.14. The molecule has 0 saturated heterocycles. The van der Waals surface area contributed by atoms with Crippen LogP contribution in [0.4, 0.5) is 11.4 Å². The number of rotatable bonds is 6. The van der Waals surface area contributed by atoms with E-state index in [4.69, 9.17) is 15.8 Å². The van der Waals surface area contributed by atoms with Crippen molar-refractivity contribution >= 4 is 39.0 Å². The smallest absolute Gasteiger partial charge is 0.297 e. The number of nitrogens with zero attached hydrogens (tertiary/aromatic N) is 2. The minimum absolute atomic E-state index is 0.0369. The zero-order valence-corrected chi connectivity index (χ0v) is 22.3. The zero-order valence-electron chi connectivity index (χ0n) is 20.7. The summed E-state index contributed by atoms with van der Waals surface area (Å²) < 4.78 is 31.8. The van der Waals surface area contributed by atoms with Gasteiger partial charge in [-0.15, -0.1) is 0 Å². The summed E-state index contributed by atoms with van der Waals surface area (Å²) in [6.07, 6.45) is 0.927. The highest BCUT2D eigenvalue weighted by Crippen LogP contribution is 2.36. The summed E-state index contributed by atoms with van der Waals surface area (Å²) in [5.74, 6) is -0.397. The third-order valence-electron chi connectivity index (χ3n) is 6.58. The van der Waals surface area contributed by atoms with Gasteiger partial charge in [0.15, 0.2) is 0 Å². The number of aryl methyl sites for hydroxylation is 3. The average Bonchev–Trinajstić information content (AvgIpc) is 3.02. The van der Waals surface area contributed by atoms with Gasteiger partial charge < -0.3 is 4.90 Å². The lowest BCUT2D eigenvalue weighted by molar-refractivity contribution is -0.384. The van der Waals surface area contributed by atoms with Gasteiger partial charge in [0.05, 0.1) is 22.0 Å². The van der Waals surface area contributed by atoms with E-state index in [9.17, 15) is 23.3 Å². The maximum absolute atomic E-state index is 14.0. The number of amides is 1. The van der Waals surface area contributed by atoms with Crippen molar-refractivity contribution in [3.8, 4) is 0 Å². The van der Waals surface area contributed by atoms with E-state index in [2.05, 4.69) is 0 Å². The van der Waals surface area contributed by atoms with E-state index in [1.807, 2.05) is 6.92 Å². The zero-order chi connectivity index (χ0) is 26.9. The molecule has 0 radical (unpaired) electrons. The molecule has 0 bridgehead atoms. The maximum Gasteiger partial charge on any atom is 0.297 e. The number of nitro groups is 1. The molecule has 0 aliphatic carbocycles. The quantitative estimate of drug-likeness (QED) is 0.214. The van der Waals surface area contributed by atoms with Crippen molar-refractivity contribution in [2.75, 3.05) is 4.90 Å². The minimum atomic E-state index is -4.09. The molecule has 8 nitrogen and oxygen atoms in total. The van der Waals surface area contributed by atoms with Gasteiger partial charge in [-0.25, -0.2) is 0 Å². The molecule has 2 unspecified atom stereocenters.